The normalized spacial score (nSPS) is 11.8. The number of aliphatic carboxylic acids is 2. The Labute approximate surface area is 232 Å². The molecule has 0 heterocycles. The van der Waals surface area contributed by atoms with E-state index in [1.807, 2.05) is 0 Å². The summed E-state index contributed by atoms with van der Waals surface area (Å²) < 4.78 is 55.6. The standard InChI is InChI=1S/C25H31ClN2O9S2/c26-22-13-12-20(39(36,37)28-15-6-2-4-11-24(31)32)17-21(22)25(33)18-8-7-9-19(16-18)38(34,35)27-14-5-1-3-10-23(29)30/h7-9,12-13,16-17,27-28H,1-6,10-11,14-15H2,(H,29,30)(H,31,32). The fraction of sp³-hybridized carbons (Fsp3) is 0.400. The van der Waals surface area contributed by atoms with Crippen LogP contribution in [-0.2, 0) is 29.6 Å². The lowest BCUT2D eigenvalue weighted by Crippen LogP contribution is -2.25. The number of hydrogen-bond donors (Lipinski definition) is 4. The molecule has 0 amide bonds. The maximum atomic E-state index is 13.2. The number of carbonyl (C=O) groups excluding carboxylic acids is 1. The Morgan fingerprint density at radius 1 is 0.692 bits per heavy atom. The molecule has 4 N–H and O–H groups in total. The third-order valence-corrected chi connectivity index (χ3v) is 8.87. The van der Waals surface area contributed by atoms with Crippen LogP contribution in [-0.4, -0.2) is 57.9 Å². The lowest BCUT2D eigenvalue weighted by molar-refractivity contribution is -0.138. The second-order valence-electron chi connectivity index (χ2n) is 8.70. The summed E-state index contributed by atoms with van der Waals surface area (Å²) in [5, 5.41) is 17.3. The number of halogens is 1. The predicted octanol–water partition coefficient (Wildman–Crippen LogP) is 3.42. The highest BCUT2D eigenvalue weighted by Gasteiger charge is 2.21. The molecule has 0 spiro atoms. The van der Waals surface area contributed by atoms with E-state index in [0.29, 0.717) is 38.5 Å². The van der Waals surface area contributed by atoms with E-state index in [9.17, 15) is 31.2 Å². The van der Waals surface area contributed by atoms with Gasteiger partial charge in [-0.05, 0) is 56.0 Å². The van der Waals surface area contributed by atoms with Crippen molar-refractivity contribution < 1.29 is 41.4 Å². The molecular weight excluding hydrogens is 572 g/mol. The first-order chi connectivity index (χ1) is 18.3. The maximum absolute atomic E-state index is 13.2. The van der Waals surface area contributed by atoms with Gasteiger partial charge in [0.1, 0.15) is 0 Å². The van der Waals surface area contributed by atoms with E-state index in [2.05, 4.69) is 9.44 Å². The van der Waals surface area contributed by atoms with Gasteiger partial charge in [0.05, 0.1) is 14.8 Å². The molecule has 14 heteroatoms. The van der Waals surface area contributed by atoms with Gasteiger partial charge in [-0.25, -0.2) is 26.3 Å². The number of carbonyl (C=O) groups is 3. The van der Waals surface area contributed by atoms with Crippen LogP contribution in [0, 0.1) is 0 Å². The van der Waals surface area contributed by atoms with E-state index in [-0.39, 0.29) is 51.9 Å². The Bertz CT molecular complexity index is 1390. The van der Waals surface area contributed by atoms with Crippen molar-refractivity contribution in [1.82, 2.24) is 9.44 Å². The van der Waals surface area contributed by atoms with Crippen LogP contribution in [0.3, 0.4) is 0 Å². The minimum atomic E-state index is -3.99. The van der Waals surface area contributed by atoms with Crippen LogP contribution in [0.2, 0.25) is 5.02 Å². The van der Waals surface area contributed by atoms with Gasteiger partial charge in [-0.1, -0.05) is 36.6 Å². The largest absolute Gasteiger partial charge is 0.481 e. The van der Waals surface area contributed by atoms with Gasteiger partial charge in [0.2, 0.25) is 20.0 Å². The van der Waals surface area contributed by atoms with E-state index in [4.69, 9.17) is 21.8 Å². The van der Waals surface area contributed by atoms with E-state index in [0.717, 1.165) is 6.07 Å². The highest BCUT2D eigenvalue weighted by Crippen LogP contribution is 2.24. The maximum Gasteiger partial charge on any atom is 0.303 e. The molecule has 0 aromatic heterocycles. The van der Waals surface area contributed by atoms with Gasteiger partial charge < -0.3 is 10.2 Å². The van der Waals surface area contributed by atoms with E-state index < -0.39 is 37.8 Å². The van der Waals surface area contributed by atoms with Gasteiger partial charge in [-0.15, -0.1) is 0 Å². The fourth-order valence-corrected chi connectivity index (χ4v) is 5.96. The van der Waals surface area contributed by atoms with E-state index in [1.165, 1.54) is 36.4 Å². The molecule has 0 aliphatic heterocycles. The minimum Gasteiger partial charge on any atom is -0.481 e. The van der Waals surface area contributed by atoms with Crippen molar-refractivity contribution in [3.63, 3.8) is 0 Å². The number of carboxylic acid groups (broad SMARTS) is 2. The van der Waals surface area contributed by atoms with Crippen molar-refractivity contribution in [2.75, 3.05) is 13.1 Å². The fourth-order valence-electron chi connectivity index (χ4n) is 3.54. The van der Waals surface area contributed by atoms with Gasteiger partial charge in [0.25, 0.3) is 0 Å². The van der Waals surface area contributed by atoms with Gasteiger partial charge in [-0.3, -0.25) is 14.4 Å². The molecule has 2 aromatic rings. The molecule has 214 valence electrons. The quantitative estimate of drug-likeness (QED) is 0.147. The number of carboxylic acids is 2. The molecule has 0 fully saturated rings. The second-order valence-corrected chi connectivity index (χ2v) is 12.6. The molecule has 0 atom stereocenters. The summed E-state index contributed by atoms with van der Waals surface area (Å²) >= 11 is 6.19. The van der Waals surface area contributed by atoms with Crippen molar-refractivity contribution in [2.45, 2.75) is 61.2 Å². The minimum absolute atomic E-state index is 0.00255. The summed E-state index contributed by atoms with van der Waals surface area (Å²) in [6, 6.07) is 8.88. The zero-order valence-electron chi connectivity index (χ0n) is 21.1. The van der Waals surface area contributed by atoms with Crippen LogP contribution in [0.15, 0.2) is 52.3 Å². The van der Waals surface area contributed by atoms with Crippen LogP contribution < -0.4 is 9.44 Å². The van der Waals surface area contributed by atoms with Crippen molar-refractivity contribution in [1.29, 1.82) is 0 Å². The Kier molecular flexibility index (Phi) is 12.5. The molecule has 11 nitrogen and oxygen atoms in total. The summed E-state index contributed by atoms with van der Waals surface area (Å²) in [6.45, 7) is 0.179. The molecule has 39 heavy (non-hydrogen) atoms. The van der Waals surface area contributed by atoms with Crippen LogP contribution in [0.5, 0.6) is 0 Å². The van der Waals surface area contributed by atoms with Gasteiger partial charge in [0.15, 0.2) is 5.78 Å². The monoisotopic (exact) mass is 602 g/mol. The number of hydrogen-bond acceptors (Lipinski definition) is 7. The molecule has 0 saturated heterocycles. The Balaban J connectivity index is 2.10. The molecule has 0 aliphatic rings. The van der Waals surface area contributed by atoms with Crippen LogP contribution in [0.1, 0.15) is 67.3 Å². The average molecular weight is 603 g/mol. The summed E-state index contributed by atoms with van der Waals surface area (Å²) in [5.41, 5.74) is -0.135. The predicted molar refractivity (Wildman–Crippen MR) is 144 cm³/mol. The first-order valence-electron chi connectivity index (χ1n) is 12.2. The average Bonchev–Trinajstić information content (AvgIpc) is 2.87. The summed E-state index contributed by atoms with van der Waals surface area (Å²) in [5.74, 6) is -2.50. The molecular formula is C25H31ClN2O9S2. The first-order valence-corrected chi connectivity index (χ1v) is 15.5. The smallest absolute Gasteiger partial charge is 0.303 e. The Morgan fingerprint density at radius 3 is 1.72 bits per heavy atom. The third-order valence-electron chi connectivity index (χ3n) is 5.62. The lowest BCUT2D eigenvalue weighted by Gasteiger charge is -2.11. The summed E-state index contributed by atoms with van der Waals surface area (Å²) in [7, 11) is -7.94. The third kappa shape index (κ3) is 10.7. The molecule has 0 unspecified atom stereocenters. The summed E-state index contributed by atoms with van der Waals surface area (Å²) in [4.78, 5) is 33.9. The molecule has 2 rings (SSSR count). The van der Waals surface area contributed by atoms with Crippen molar-refractivity contribution >= 4 is 49.4 Å². The van der Waals surface area contributed by atoms with Gasteiger partial charge in [-0.2, -0.15) is 0 Å². The molecule has 0 bridgehead atoms. The SMILES string of the molecule is O=C(O)CCCCCNS(=O)(=O)c1cccc(C(=O)c2cc(S(=O)(=O)NCCCCCC(=O)O)ccc2Cl)c1. The number of sulfonamides is 2. The second kappa shape index (κ2) is 15.1. The number of nitrogens with one attached hydrogen (secondary N) is 2. The highest BCUT2D eigenvalue weighted by atomic mass is 35.5. The number of ketones is 1. The molecule has 0 saturated carbocycles. The van der Waals surface area contributed by atoms with Crippen LogP contribution in [0.25, 0.3) is 0 Å². The van der Waals surface area contributed by atoms with Crippen LogP contribution >= 0.6 is 11.6 Å². The van der Waals surface area contributed by atoms with Crippen LogP contribution in [0.4, 0.5) is 0 Å². The number of benzene rings is 2. The lowest BCUT2D eigenvalue weighted by atomic mass is 10.0. The Hall–Kier alpha value is -2.84. The highest BCUT2D eigenvalue weighted by molar-refractivity contribution is 7.89. The van der Waals surface area contributed by atoms with E-state index in [1.54, 1.807) is 0 Å². The van der Waals surface area contributed by atoms with Gasteiger partial charge >= 0.3 is 11.9 Å². The topological polar surface area (TPSA) is 184 Å². The molecule has 0 radical (unpaired) electrons. The van der Waals surface area contributed by atoms with Gasteiger partial charge in [0, 0.05) is 37.1 Å². The Morgan fingerprint density at radius 2 is 1.21 bits per heavy atom. The first kappa shape index (κ1) is 32.4. The van der Waals surface area contributed by atoms with Crippen molar-refractivity contribution in [2.24, 2.45) is 0 Å². The van der Waals surface area contributed by atoms with E-state index >= 15 is 0 Å². The zero-order chi connectivity index (χ0) is 29.1. The number of rotatable bonds is 18. The van der Waals surface area contributed by atoms with Crippen molar-refractivity contribution in [3.05, 3.63) is 58.6 Å². The zero-order valence-corrected chi connectivity index (χ0v) is 23.4. The summed E-state index contributed by atoms with van der Waals surface area (Å²) in [6.07, 6.45) is 2.80. The van der Waals surface area contributed by atoms with Crippen molar-refractivity contribution in [3.8, 4) is 0 Å². The number of unbranched alkanes of at least 4 members (excludes halogenated alkanes) is 4. The molecule has 2 aromatic carbocycles. The molecule has 0 aliphatic carbocycles.